The number of oxazole rings is 1. The largest absolute Gasteiger partial charge is 0.438 e. The van der Waals surface area contributed by atoms with Crippen molar-refractivity contribution in [3.8, 4) is 0 Å². The van der Waals surface area contributed by atoms with E-state index in [0.29, 0.717) is 12.1 Å². The third kappa shape index (κ3) is 3.06. The number of carbonyl (C=O) groups excluding carboxylic acids is 1. The summed E-state index contributed by atoms with van der Waals surface area (Å²) in [7, 11) is 0. The molecule has 1 heterocycles. The molecule has 0 aliphatic carbocycles. The van der Waals surface area contributed by atoms with Gasteiger partial charge in [0.25, 0.3) is 5.91 Å². The highest BCUT2D eigenvalue weighted by Gasteiger charge is 2.20. The van der Waals surface area contributed by atoms with Gasteiger partial charge in [0.1, 0.15) is 0 Å². The standard InChI is InChI=1S/C10H16N2O3/c1-4-10(3,14)5-11-9(13)8-7(2)12-6-15-8/h6,14H,4-5H2,1-3H3,(H,11,13). The molecule has 2 N–H and O–H groups in total. The Bertz CT molecular complexity index is 344. The molecule has 0 spiro atoms. The summed E-state index contributed by atoms with van der Waals surface area (Å²) in [6.45, 7) is 5.41. The first kappa shape index (κ1) is 11.7. The molecule has 84 valence electrons. The minimum Gasteiger partial charge on any atom is -0.438 e. The molecular weight excluding hydrogens is 196 g/mol. The summed E-state index contributed by atoms with van der Waals surface area (Å²) in [5.74, 6) is -0.152. The van der Waals surface area contributed by atoms with Crippen LogP contribution in [0.5, 0.6) is 0 Å². The molecule has 1 aromatic heterocycles. The zero-order valence-electron chi connectivity index (χ0n) is 9.20. The lowest BCUT2D eigenvalue weighted by molar-refractivity contribution is 0.0511. The first-order chi connectivity index (χ1) is 6.96. The Morgan fingerprint density at radius 2 is 2.40 bits per heavy atom. The first-order valence-corrected chi connectivity index (χ1v) is 4.87. The van der Waals surface area contributed by atoms with E-state index in [-0.39, 0.29) is 18.2 Å². The van der Waals surface area contributed by atoms with E-state index < -0.39 is 5.60 Å². The van der Waals surface area contributed by atoms with Crippen molar-refractivity contribution < 1.29 is 14.3 Å². The molecule has 0 radical (unpaired) electrons. The normalized spacial score (nSPS) is 14.7. The number of hydrogen-bond acceptors (Lipinski definition) is 4. The van der Waals surface area contributed by atoms with Gasteiger partial charge in [-0.2, -0.15) is 0 Å². The van der Waals surface area contributed by atoms with E-state index in [4.69, 9.17) is 4.42 Å². The summed E-state index contributed by atoms with van der Waals surface area (Å²) < 4.78 is 4.92. The number of hydrogen-bond donors (Lipinski definition) is 2. The van der Waals surface area contributed by atoms with E-state index >= 15 is 0 Å². The summed E-state index contributed by atoms with van der Waals surface area (Å²) in [5.41, 5.74) is -0.340. The van der Waals surface area contributed by atoms with Gasteiger partial charge < -0.3 is 14.8 Å². The fourth-order valence-corrected chi connectivity index (χ4v) is 0.996. The van der Waals surface area contributed by atoms with Crippen molar-refractivity contribution in [2.45, 2.75) is 32.8 Å². The van der Waals surface area contributed by atoms with E-state index in [0.717, 1.165) is 0 Å². The lowest BCUT2D eigenvalue weighted by Gasteiger charge is -2.21. The molecule has 0 aliphatic heterocycles. The maximum atomic E-state index is 11.5. The molecule has 1 amide bonds. The quantitative estimate of drug-likeness (QED) is 0.776. The lowest BCUT2D eigenvalue weighted by atomic mass is 10.0. The minimum absolute atomic E-state index is 0.196. The van der Waals surface area contributed by atoms with Gasteiger partial charge in [-0.15, -0.1) is 0 Å². The maximum absolute atomic E-state index is 11.5. The Balaban J connectivity index is 2.55. The minimum atomic E-state index is -0.885. The summed E-state index contributed by atoms with van der Waals surface area (Å²) in [6, 6.07) is 0. The monoisotopic (exact) mass is 212 g/mol. The molecule has 15 heavy (non-hydrogen) atoms. The highest BCUT2D eigenvalue weighted by atomic mass is 16.3. The fraction of sp³-hybridized carbons (Fsp3) is 0.600. The smallest absolute Gasteiger partial charge is 0.289 e. The summed E-state index contributed by atoms with van der Waals surface area (Å²) >= 11 is 0. The van der Waals surface area contributed by atoms with Gasteiger partial charge in [0.2, 0.25) is 5.76 Å². The third-order valence-corrected chi connectivity index (χ3v) is 2.34. The van der Waals surface area contributed by atoms with Crippen LogP contribution in [-0.2, 0) is 0 Å². The van der Waals surface area contributed by atoms with Crippen molar-refractivity contribution in [3.63, 3.8) is 0 Å². The number of carbonyl (C=O) groups is 1. The molecule has 5 heteroatoms. The molecule has 0 aliphatic rings. The van der Waals surface area contributed by atoms with Gasteiger partial charge in [-0.3, -0.25) is 4.79 Å². The second-order valence-corrected chi connectivity index (χ2v) is 3.80. The Morgan fingerprint density at radius 1 is 1.73 bits per heavy atom. The van der Waals surface area contributed by atoms with Crippen LogP contribution in [0.25, 0.3) is 0 Å². The topological polar surface area (TPSA) is 75.4 Å². The summed E-state index contributed by atoms with van der Waals surface area (Å²) in [5, 5.41) is 12.3. The summed E-state index contributed by atoms with van der Waals surface area (Å²) in [6.07, 6.45) is 1.80. The maximum Gasteiger partial charge on any atom is 0.289 e. The van der Waals surface area contributed by atoms with Gasteiger partial charge in [0.05, 0.1) is 11.3 Å². The number of aromatic nitrogens is 1. The van der Waals surface area contributed by atoms with E-state index in [2.05, 4.69) is 10.3 Å². The molecule has 0 saturated carbocycles. The highest BCUT2D eigenvalue weighted by Crippen LogP contribution is 2.08. The Labute approximate surface area is 88.5 Å². The zero-order valence-corrected chi connectivity index (χ0v) is 9.20. The fourth-order valence-electron chi connectivity index (χ4n) is 0.996. The third-order valence-electron chi connectivity index (χ3n) is 2.34. The van der Waals surface area contributed by atoms with Crippen molar-refractivity contribution in [1.29, 1.82) is 0 Å². The second kappa shape index (κ2) is 4.44. The highest BCUT2D eigenvalue weighted by molar-refractivity contribution is 5.92. The average Bonchev–Trinajstić information content (AvgIpc) is 2.61. The predicted octanol–water partition coefficient (Wildman–Crippen LogP) is 0.874. The van der Waals surface area contributed by atoms with E-state index in [1.807, 2.05) is 6.92 Å². The molecule has 0 saturated heterocycles. The lowest BCUT2D eigenvalue weighted by Crippen LogP contribution is -2.40. The molecule has 1 unspecified atom stereocenters. The number of nitrogens with zero attached hydrogens (tertiary/aromatic N) is 1. The SMILES string of the molecule is CCC(C)(O)CNC(=O)c1ocnc1C. The average molecular weight is 212 g/mol. The van der Waals surface area contributed by atoms with Crippen LogP contribution in [0.15, 0.2) is 10.8 Å². The van der Waals surface area contributed by atoms with E-state index in [9.17, 15) is 9.90 Å². The zero-order chi connectivity index (χ0) is 11.5. The van der Waals surface area contributed by atoms with E-state index in [1.54, 1.807) is 13.8 Å². The van der Waals surface area contributed by atoms with Crippen molar-refractivity contribution >= 4 is 5.91 Å². The van der Waals surface area contributed by atoms with Crippen molar-refractivity contribution in [2.75, 3.05) is 6.54 Å². The number of nitrogens with one attached hydrogen (secondary N) is 1. The predicted molar refractivity (Wildman–Crippen MR) is 54.5 cm³/mol. The van der Waals surface area contributed by atoms with Crippen LogP contribution in [0, 0.1) is 6.92 Å². The molecule has 1 atom stereocenters. The Hall–Kier alpha value is -1.36. The molecule has 1 rings (SSSR count). The van der Waals surface area contributed by atoms with Crippen LogP contribution in [0.1, 0.15) is 36.5 Å². The van der Waals surface area contributed by atoms with Crippen LogP contribution in [0.2, 0.25) is 0 Å². The van der Waals surface area contributed by atoms with Crippen LogP contribution in [0.4, 0.5) is 0 Å². The van der Waals surface area contributed by atoms with Crippen molar-refractivity contribution in [3.05, 3.63) is 17.8 Å². The molecule has 1 aromatic rings. The van der Waals surface area contributed by atoms with Crippen LogP contribution < -0.4 is 5.32 Å². The molecule has 0 aromatic carbocycles. The van der Waals surface area contributed by atoms with Gasteiger partial charge in [0.15, 0.2) is 6.39 Å². The summed E-state index contributed by atoms with van der Waals surface area (Å²) in [4.78, 5) is 15.3. The van der Waals surface area contributed by atoms with Crippen LogP contribution >= 0.6 is 0 Å². The Morgan fingerprint density at radius 3 is 2.87 bits per heavy atom. The Kier molecular flexibility index (Phi) is 3.47. The van der Waals surface area contributed by atoms with Crippen molar-refractivity contribution in [2.24, 2.45) is 0 Å². The van der Waals surface area contributed by atoms with Gasteiger partial charge in [-0.05, 0) is 20.3 Å². The van der Waals surface area contributed by atoms with Gasteiger partial charge in [0, 0.05) is 6.54 Å². The van der Waals surface area contributed by atoms with E-state index in [1.165, 1.54) is 6.39 Å². The number of amides is 1. The molecule has 0 fully saturated rings. The van der Waals surface area contributed by atoms with Gasteiger partial charge >= 0.3 is 0 Å². The molecular formula is C10H16N2O3. The van der Waals surface area contributed by atoms with Gasteiger partial charge in [-0.25, -0.2) is 4.98 Å². The van der Waals surface area contributed by atoms with Gasteiger partial charge in [-0.1, -0.05) is 6.92 Å². The number of aliphatic hydroxyl groups is 1. The number of aryl methyl sites for hydroxylation is 1. The van der Waals surface area contributed by atoms with Crippen molar-refractivity contribution in [1.82, 2.24) is 10.3 Å². The van der Waals surface area contributed by atoms with Crippen LogP contribution in [0.3, 0.4) is 0 Å². The van der Waals surface area contributed by atoms with Crippen LogP contribution in [-0.4, -0.2) is 28.1 Å². The first-order valence-electron chi connectivity index (χ1n) is 4.87. The number of rotatable bonds is 4. The molecule has 5 nitrogen and oxygen atoms in total. The second-order valence-electron chi connectivity index (χ2n) is 3.80. The molecule has 0 bridgehead atoms.